The van der Waals surface area contributed by atoms with E-state index in [0.29, 0.717) is 25.4 Å². The van der Waals surface area contributed by atoms with Crippen LogP contribution in [0.4, 0.5) is 10.8 Å². The molecule has 1 fully saturated rings. The fraction of sp³-hybridized carbons (Fsp3) is 0.455. The van der Waals surface area contributed by atoms with Crippen LogP contribution >= 0.6 is 11.3 Å². The van der Waals surface area contributed by atoms with Crippen LogP contribution in [0.2, 0.25) is 0 Å². The first-order valence-electron chi connectivity index (χ1n) is 10.6. The number of thiazole rings is 1. The summed E-state index contributed by atoms with van der Waals surface area (Å²) in [6.45, 7) is 7.55. The van der Waals surface area contributed by atoms with E-state index in [4.69, 9.17) is 9.72 Å². The van der Waals surface area contributed by atoms with Crippen LogP contribution in [0.1, 0.15) is 56.2 Å². The number of aromatic amines is 1. The van der Waals surface area contributed by atoms with Gasteiger partial charge in [0.2, 0.25) is 0 Å². The van der Waals surface area contributed by atoms with Crippen LogP contribution < -0.4 is 5.32 Å². The molecule has 1 aliphatic heterocycles. The minimum absolute atomic E-state index is 0.0209. The van der Waals surface area contributed by atoms with Crippen molar-refractivity contribution < 1.29 is 9.53 Å². The van der Waals surface area contributed by atoms with Crippen molar-refractivity contribution in [3.05, 3.63) is 51.0 Å². The summed E-state index contributed by atoms with van der Waals surface area (Å²) in [5, 5.41) is 11.6. The molecule has 1 amide bonds. The predicted octanol–water partition coefficient (Wildman–Crippen LogP) is 3.63. The first-order valence-corrected chi connectivity index (χ1v) is 11.5. The highest BCUT2D eigenvalue weighted by atomic mass is 32.1. The van der Waals surface area contributed by atoms with Crippen molar-refractivity contribution in [1.29, 1.82) is 0 Å². The van der Waals surface area contributed by atoms with Crippen LogP contribution in [0.15, 0.2) is 12.1 Å². The number of aryl methyl sites for hydroxylation is 4. The molecule has 1 aliphatic carbocycles. The molecule has 2 aliphatic rings. The fourth-order valence-electron chi connectivity index (χ4n) is 4.24. The second-order valence-corrected chi connectivity index (χ2v) is 9.40. The van der Waals surface area contributed by atoms with Gasteiger partial charge in [-0.2, -0.15) is 5.10 Å². The van der Waals surface area contributed by atoms with Crippen molar-refractivity contribution in [3.63, 3.8) is 0 Å². The normalized spacial score (nSPS) is 18.3. The number of hydrogen-bond acceptors (Lipinski definition) is 7. The maximum Gasteiger partial charge on any atom is 0.274 e. The fourth-order valence-corrected chi connectivity index (χ4v) is 5.07. The summed E-state index contributed by atoms with van der Waals surface area (Å²) in [7, 11) is 0. The van der Waals surface area contributed by atoms with Crippen molar-refractivity contribution in [2.75, 3.05) is 25.0 Å². The zero-order valence-corrected chi connectivity index (χ0v) is 18.8. The van der Waals surface area contributed by atoms with Gasteiger partial charge < -0.3 is 15.0 Å². The SMILES string of the molecule is Cc1cc(Nc2nc(C)c(C)s2)cc([C@H]2CN(C(=O)c3n[nH]c4c3CCC4)CCO2)n1. The van der Waals surface area contributed by atoms with Gasteiger partial charge in [-0.15, -0.1) is 11.3 Å². The van der Waals surface area contributed by atoms with Gasteiger partial charge in [-0.3, -0.25) is 14.9 Å². The van der Waals surface area contributed by atoms with Gasteiger partial charge in [-0.25, -0.2) is 4.98 Å². The molecule has 2 N–H and O–H groups in total. The number of H-pyrrole nitrogens is 1. The Kier molecular flexibility index (Phi) is 5.23. The van der Waals surface area contributed by atoms with Crippen LogP contribution in [0, 0.1) is 20.8 Å². The quantitative estimate of drug-likeness (QED) is 0.646. The highest BCUT2D eigenvalue weighted by Crippen LogP contribution is 2.29. The van der Waals surface area contributed by atoms with E-state index >= 15 is 0 Å². The van der Waals surface area contributed by atoms with Crippen LogP contribution in [-0.4, -0.2) is 50.7 Å². The lowest BCUT2D eigenvalue weighted by molar-refractivity contribution is -0.0249. The summed E-state index contributed by atoms with van der Waals surface area (Å²) in [6.07, 6.45) is 2.70. The predicted molar refractivity (Wildman–Crippen MR) is 119 cm³/mol. The lowest BCUT2D eigenvalue weighted by Crippen LogP contribution is -2.43. The second kappa shape index (κ2) is 8.05. The largest absolute Gasteiger partial charge is 0.368 e. The van der Waals surface area contributed by atoms with E-state index in [1.54, 1.807) is 11.3 Å². The number of ether oxygens (including phenoxy) is 1. The third-order valence-electron chi connectivity index (χ3n) is 5.95. The molecule has 3 aromatic heterocycles. The smallest absolute Gasteiger partial charge is 0.274 e. The summed E-state index contributed by atoms with van der Waals surface area (Å²) in [5.41, 5.74) is 6.43. The van der Waals surface area contributed by atoms with E-state index in [1.165, 1.54) is 4.88 Å². The van der Waals surface area contributed by atoms with Crippen LogP contribution in [0.25, 0.3) is 0 Å². The summed E-state index contributed by atoms with van der Waals surface area (Å²) in [6, 6.07) is 3.98. The molecule has 31 heavy (non-hydrogen) atoms. The number of pyridine rings is 1. The lowest BCUT2D eigenvalue weighted by Gasteiger charge is -2.32. The van der Waals surface area contributed by atoms with Gasteiger partial charge in [-0.1, -0.05) is 0 Å². The van der Waals surface area contributed by atoms with E-state index in [9.17, 15) is 4.79 Å². The Bertz CT molecular complexity index is 1120. The molecule has 0 aromatic carbocycles. The number of carbonyl (C=O) groups is 1. The van der Waals surface area contributed by atoms with Gasteiger partial charge in [0.25, 0.3) is 5.91 Å². The standard InChI is InChI=1S/C22H26N6O2S/c1-12-9-15(25-22-24-13(2)14(3)31-22)10-18(23-12)19-11-28(7-8-30-19)21(29)20-16-5-4-6-17(16)26-27-20/h9-10,19H,4-8,11H2,1-3H3,(H,26,27)(H,23,24,25)/t19-/m1/s1. The third-order valence-corrected chi connectivity index (χ3v) is 6.93. The van der Waals surface area contributed by atoms with Gasteiger partial charge in [0, 0.05) is 34.1 Å². The molecule has 1 saturated heterocycles. The van der Waals surface area contributed by atoms with Gasteiger partial charge in [0.1, 0.15) is 6.10 Å². The molecule has 162 valence electrons. The monoisotopic (exact) mass is 438 g/mol. The molecule has 9 heteroatoms. The average Bonchev–Trinajstić information content (AvgIpc) is 3.44. The number of aromatic nitrogens is 4. The molecular weight excluding hydrogens is 412 g/mol. The van der Waals surface area contributed by atoms with Gasteiger partial charge >= 0.3 is 0 Å². The lowest BCUT2D eigenvalue weighted by atomic mass is 10.1. The van der Waals surface area contributed by atoms with Crippen molar-refractivity contribution in [2.24, 2.45) is 0 Å². The van der Waals surface area contributed by atoms with Crippen LogP contribution in [0.3, 0.4) is 0 Å². The molecule has 8 nitrogen and oxygen atoms in total. The Morgan fingerprint density at radius 3 is 2.94 bits per heavy atom. The third kappa shape index (κ3) is 3.95. The average molecular weight is 439 g/mol. The molecular formula is C22H26N6O2S. The Balaban J connectivity index is 1.35. The van der Waals surface area contributed by atoms with Gasteiger partial charge in [-0.05, 0) is 52.2 Å². The first kappa shape index (κ1) is 20.1. The van der Waals surface area contributed by atoms with E-state index in [0.717, 1.165) is 58.4 Å². The molecule has 0 saturated carbocycles. The molecule has 0 bridgehead atoms. The maximum atomic E-state index is 13.2. The number of nitrogens with zero attached hydrogens (tertiary/aromatic N) is 4. The summed E-state index contributed by atoms with van der Waals surface area (Å²) >= 11 is 1.63. The number of hydrogen-bond donors (Lipinski definition) is 2. The highest BCUT2D eigenvalue weighted by Gasteiger charge is 2.31. The summed E-state index contributed by atoms with van der Waals surface area (Å²) < 4.78 is 6.01. The van der Waals surface area contributed by atoms with Crippen molar-refractivity contribution in [1.82, 2.24) is 25.1 Å². The molecule has 5 rings (SSSR count). The molecule has 0 unspecified atom stereocenters. The minimum Gasteiger partial charge on any atom is -0.368 e. The van der Waals surface area contributed by atoms with Crippen molar-refractivity contribution >= 4 is 28.1 Å². The zero-order valence-electron chi connectivity index (χ0n) is 18.0. The Morgan fingerprint density at radius 2 is 2.13 bits per heavy atom. The Morgan fingerprint density at radius 1 is 1.26 bits per heavy atom. The Labute approximate surface area is 185 Å². The number of morpholine rings is 1. The first-order chi connectivity index (χ1) is 15.0. The number of rotatable bonds is 4. The van der Waals surface area contributed by atoms with Crippen molar-refractivity contribution in [3.8, 4) is 0 Å². The number of amides is 1. The minimum atomic E-state index is -0.273. The number of anilines is 2. The van der Waals surface area contributed by atoms with Crippen LogP contribution in [0.5, 0.6) is 0 Å². The van der Waals surface area contributed by atoms with Crippen LogP contribution in [-0.2, 0) is 17.6 Å². The summed E-state index contributed by atoms with van der Waals surface area (Å²) in [5.74, 6) is -0.0209. The number of carbonyl (C=O) groups excluding carboxylic acids is 1. The molecule has 3 aromatic rings. The second-order valence-electron chi connectivity index (χ2n) is 8.20. The van der Waals surface area contributed by atoms with E-state index in [2.05, 4.69) is 27.4 Å². The van der Waals surface area contributed by atoms with E-state index in [1.807, 2.05) is 30.9 Å². The molecule has 0 spiro atoms. The summed E-state index contributed by atoms with van der Waals surface area (Å²) in [4.78, 5) is 25.5. The van der Waals surface area contributed by atoms with Gasteiger partial charge in [0.15, 0.2) is 10.8 Å². The maximum absolute atomic E-state index is 13.2. The van der Waals surface area contributed by atoms with Crippen molar-refractivity contribution in [2.45, 2.75) is 46.1 Å². The Hall–Kier alpha value is -2.78. The zero-order chi connectivity index (χ0) is 21.5. The van der Waals surface area contributed by atoms with Gasteiger partial charge in [0.05, 0.1) is 24.5 Å². The highest BCUT2D eigenvalue weighted by molar-refractivity contribution is 7.15. The molecule has 1 atom stereocenters. The number of fused-ring (bicyclic) bond motifs is 1. The molecule has 4 heterocycles. The topological polar surface area (TPSA) is 96.0 Å². The van der Waals surface area contributed by atoms with E-state index < -0.39 is 0 Å². The molecule has 0 radical (unpaired) electrons. The van der Waals surface area contributed by atoms with E-state index in [-0.39, 0.29) is 12.0 Å². The number of nitrogens with one attached hydrogen (secondary N) is 2.